The van der Waals surface area contributed by atoms with Gasteiger partial charge in [-0.25, -0.2) is 4.39 Å². The third-order valence-corrected chi connectivity index (χ3v) is 3.80. The van der Waals surface area contributed by atoms with Crippen LogP contribution < -0.4 is 16.0 Å². The van der Waals surface area contributed by atoms with Crippen LogP contribution in [0, 0.1) is 5.82 Å². The number of hydrogen-bond donors (Lipinski definition) is 3. The highest BCUT2D eigenvalue weighted by atomic mass is 19.1. The number of amides is 1. The Kier molecular flexibility index (Phi) is 8.12. The molecule has 0 saturated heterocycles. The van der Waals surface area contributed by atoms with Crippen LogP contribution in [0.1, 0.15) is 17.5 Å². The predicted octanol–water partition coefficient (Wildman–Crippen LogP) is 2.24. The zero-order valence-corrected chi connectivity index (χ0v) is 15.0. The van der Waals surface area contributed by atoms with Gasteiger partial charge in [-0.3, -0.25) is 9.79 Å². The fraction of sp³-hybridized carbons (Fsp3) is 0.300. The summed E-state index contributed by atoms with van der Waals surface area (Å²) in [5.74, 6) is 0.375. The first-order valence-electron chi connectivity index (χ1n) is 8.67. The molecule has 0 bridgehead atoms. The van der Waals surface area contributed by atoms with E-state index in [0.29, 0.717) is 38.4 Å². The number of aliphatic imine (C=N–C) groups is 1. The standard InChI is InChI=1S/C20H25FN4O/c1-22-20(23-12-10-16-8-5-9-18(21)14-16)24-13-11-19(26)25-15-17-6-3-2-4-7-17/h2-9,14H,10-13,15H2,1H3,(H,25,26)(H2,22,23,24). The summed E-state index contributed by atoms with van der Waals surface area (Å²) in [6.45, 7) is 1.64. The molecule has 2 aromatic carbocycles. The molecule has 0 aliphatic heterocycles. The topological polar surface area (TPSA) is 65.5 Å². The van der Waals surface area contributed by atoms with Gasteiger partial charge in [0.2, 0.25) is 5.91 Å². The van der Waals surface area contributed by atoms with E-state index in [1.54, 1.807) is 13.1 Å². The maximum Gasteiger partial charge on any atom is 0.222 e. The number of carbonyl (C=O) groups is 1. The molecular formula is C20H25FN4O. The number of guanidine groups is 1. The van der Waals surface area contributed by atoms with E-state index in [4.69, 9.17) is 0 Å². The van der Waals surface area contributed by atoms with Crippen molar-refractivity contribution < 1.29 is 9.18 Å². The number of carbonyl (C=O) groups excluding carboxylic acids is 1. The van der Waals surface area contributed by atoms with Gasteiger partial charge in [-0.15, -0.1) is 0 Å². The first-order valence-corrected chi connectivity index (χ1v) is 8.67. The first-order chi connectivity index (χ1) is 12.7. The van der Waals surface area contributed by atoms with Crippen molar-refractivity contribution in [3.63, 3.8) is 0 Å². The van der Waals surface area contributed by atoms with E-state index in [1.165, 1.54) is 12.1 Å². The monoisotopic (exact) mass is 356 g/mol. The summed E-state index contributed by atoms with van der Waals surface area (Å²) < 4.78 is 13.1. The fourth-order valence-corrected chi connectivity index (χ4v) is 2.42. The minimum absolute atomic E-state index is 0.0171. The maximum atomic E-state index is 13.1. The van der Waals surface area contributed by atoms with Crippen molar-refractivity contribution >= 4 is 11.9 Å². The molecule has 5 nitrogen and oxygen atoms in total. The van der Waals surface area contributed by atoms with Gasteiger partial charge in [-0.05, 0) is 29.7 Å². The smallest absolute Gasteiger partial charge is 0.222 e. The largest absolute Gasteiger partial charge is 0.356 e. The van der Waals surface area contributed by atoms with Crippen LogP contribution in [0.3, 0.4) is 0 Å². The Bertz CT molecular complexity index is 719. The second-order valence-corrected chi connectivity index (χ2v) is 5.82. The van der Waals surface area contributed by atoms with E-state index in [1.807, 2.05) is 36.4 Å². The molecule has 6 heteroatoms. The van der Waals surface area contributed by atoms with Gasteiger partial charge in [0.15, 0.2) is 5.96 Å². The molecule has 0 aliphatic carbocycles. The lowest BCUT2D eigenvalue weighted by Gasteiger charge is -2.12. The average molecular weight is 356 g/mol. The lowest BCUT2D eigenvalue weighted by Crippen LogP contribution is -2.40. The maximum absolute atomic E-state index is 13.1. The van der Waals surface area contributed by atoms with E-state index in [2.05, 4.69) is 20.9 Å². The third-order valence-electron chi connectivity index (χ3n) is 3.80. The van der Waals surface area contributed by atoms with Crippen molar-refractivity contribution in [2.75, 3.05) is 20.1 Å². The Morgan fingerprint density at radius 2 is 1.69 bits per heavy atom. The molecule has 2 aromatic rings. The van der Waals surface area contributed by atoms with Crippen molar-refractivity contribution in [1.82, 2.24) is 16.0 Å². The van der Waals surface area contributed by atoms with Crippen molar-refractivity contribution in [1.29, 1.82) is 0 Å². The van der Waals surface area contributed by atoms with E-state index in [9.17, 15) is 9.18 Å². The zero-order valence-electron chi connectivity index (χ0n) is 15.0. The molecular weight excluding hydrogens is 331 g/mol. The molecule has 26 heavy (non-hydrogen) atoms. The lowest BCUT2D eigenvalue weighted by atomic mass is 10.1. The van der Waals surface area contributed by atoms with Crippen molar-refractivity contribution in [3.8, 4) is 0 Å². The Morgan fingerprint density at radius 1 is 0.962 bits per heavy atom. The molecule has 0 saturated carbocycles. The third kappa shape index (κ3) is 7.34. The number of halogens is 1. The summed E-state index contributed by atoms with van der Waals surface area (Å²) in [4.78, 5) is 16.0. The van der Waals surface area contributed by atoms with Crippen molar-refractivity contribution in [3.05, 3.63) is 71.5 Å². The molecule has 0 heterocycles. The van der Waals surface area contributed by atoms with E-state index >= 15 is 0 Å². The van der Waals surface area contributed by atoms with Gasteiger partial charge in [0.05, 0.1) is 0 Å². The van der Waals surface area contributed by atoms with Crippen LogP contribution >= 0.6 is 0 Å². The van der Waals surface area contributed by atoms with Gasteiger partial charge in [0.1, 0.15) is 5.82 Å². The van der Waals surface area contributed by atoms with E-state index < -0.39 is 0 Å². The van der Waals surface area contributed by atoms with Gasteiger partial charge in [0, 0.05) is 33.1 Å². The highest BCUT2D eigenvalue weighted by molar-refractivity contribution is 5.81. The van der Waals surface area contributed by atoms with Crippen LogP contribution in [0.2, 0.25) is 0 Å². The lowest BCUT2D eigenvalue weighted by molar-refractivity contribution is -0.121. The van der Waals surface area contributed by atoms with E-state index in [-0.39, 0.29) is 11.7 Å². The SMILES string of the molecule is CN=C(NCCC(=O)NCc1ccccc1)NCCc1cccc(F)c1. The highest BCUT2D eigenvalue weighted by Gasteiger charge is 2.03. The molecule has 3 N–H and O–H groups in total. The molecule has 0 spiro atoms. The number of benzene rings is 2. The number of nitrogens with zero attached hydrogens (tertiary/aromatic N) is 1. The second kappa shape index (κ2) is 10.9. The number of nitrogens with one attached hydrogen (secondary N) is 3. The highest BCUT2D eigenvalue weighted by Crippen LogP contribution is 2.03. The molecule has 138 valence electrons. The summed E-state index contributed by atoms with van der Waals surface area (Å²) in [6.07, 6.45) is 1.05. The molecule has 0 aromatic heterocycles. The number of hydrogen-bond acceptors (Lipinski definition) is 2. The van der Waals surface area contributed by atoms with Crippen LogP contribution in [0.15, 0.2) is 59.6 Å². The first kappa shape index (κ1) is 19.4. The molecule has 0 radical (unpaired) electrons. The Balaban J connectivity index is 1.61. The van der Waals surface area contributed by atoms with Crippen LogP contribution in [-0.4, -0.2) is 32.0 Å². The normalized spacial score (nSPS) is 11.1. The van der Waals surface area contributed by atoms with Gasteiger partial charge in [-0.1, -0.05) is 42.5 Å². The minimum Gasteiger partial charge on any atom is -0.356 e. The summed E-state index contributed by atoms with van der Waals surface area (Å²) >= 11 is 0. The summed E-state index contributed by atoms with van der Waals surface area (Å²) in [5.41, 5.74) is 2.00. The van der Waals surface area contributed by atoms with Crippen LogP contribution in [-0.2, 0) is 17.8 Å². The molecule has 0 aliphatic rings. The van der Waals surface area contributed by atoms with Crippen molar-refractivity contribution in [2.45, 2.75) is 19.4 Å². The molecule has 0 unspecified atom stereocenters. The Labute approximate surface area is 153 Å². The molecule has 0 atom stereocenters. The summed E-state index contributed by atoms with van der Waals surface area (Å²) in [7, 11) is 1.67. The van der Waals surface area contributed by atoms with Gasteiger partial charge < -0.3 is 16.0 Å². The number of rotatable bonds is 8. The predicted molar refractivity (Wildman–Crippen MR) is 102 cm³/mol. The Hall–Kier alpha value is -2.89. The van der Waals surface area contributed by atoms with Crippen LogP contribution in [0.5, 0.6) is 0 Å². The average Bonchev–Trinajstić information content (AvgIpc) is 2.66. The quantitative estimate of drug-likeness (QED) is 0.502. The summed E-state index contributed by atoms with van der Waals surface area (Å²) in [6, 6.07) is 16.3. The second-order valence-electron chi connectivity index (χ2n) is 5.82. The van der Waals surface area contributed by atoms with Gasteiger partial charge >= 0.3 is 0 Å². The minimum atomic E-state index is -0.230. The molecule has 0 fully saturated rings. The molecule has 1 amide bonds. The van der Waals surface area contributed by atoms with Crippen LogP contribution in [0.25, 0.3) is 0 Å². The van der Waals surface area contributed by atoms with Crippen molar-refractivity contribution in [2.24, 2.45) is 4.99 Å². The van der Waals surface area contributed by atoms with E-state index in [0.717, 1.165) is 11.1 Å². The zero-order chi connectivity index (χ0) is 18.6. The summed E-state index contributed by atoms with van der Waals surface area (Å²) in [5, 5.41) is 9.14. The fourth-order valence-electron chi connectivity index (χ4n) is 2.42. The van der Waals surface area contributed by atoms with Gasteiger partial charge in [0.25, 0.3) is 0 Å². The molecule has 2 rings (SSSR count). The van der Waals surface area contributed by atoms with Gasteiger partial charge in [-0.2, -0.15) is 0 Å². The van der Waals surface area contributed by atoms with Crippen LogP contribution in [0.4, 0.5) is 4.39 Å². The Morgan fingerprint density at radius 3 is 2.42 bits per heavy atom.